The van der Waals surface area contributed by atoms with Gasteiger partial charge in [0, 0.05) is 13.1 Å². The Labute approximate surface area is 133 Å². The Bertz CT molecular complexity index is 618. The summed E-state index contributed by atoms with van der Waals surface area (Å²) in [6, 6.07) is 7.28. The van der Waals surface area contributed by atoms with Gasteiger partial charge in [-0.05, 0) is 25.5 Å². The highest BCUT2D eigenvalue weighted by Crippen LogP contribution is 2.15. The first-order valence-electron chi connectivity index (χ1n) is 6.79. The summed E-state index contributed by atoms with van der Waals surface area (Å²) < 4.78 is 25.9. The van der Waals surface area contributed by atoms with Gasteiger partial charge in [-0.3, -0.25) is 0 Å². The van der Waals surface area contributed by atoms with E-state index in [1.807, 2.05) is 31.2 Å². The summed E-state index contributed by atoms with van der Waals surface area (Å²) in [5.74, 6) is 0.915. The molecule has 1 aromatic heterocycles. The minimum absolute atomic E-state index is 0. The second kappa shape index (κ2) is 8.53. The third kappa shape index (κ3) is 4.84. The fraction of sp³-hybridized carbons (Fsp3) is 0.429. The van der Waals surface area contributed by atoms with E-state index in [0.717, 1.165) is 16.9 Å². The van der Waals surface area contributed by atoms with Gasteiger partial charge < -0.3 is 15.2 Å². The van der Waals surface area contributed by atoms with Gasteiger partial charge in [-0.2, -0.15) is 0 Å². The van der Waals surface area contributed by atoms with Crippen molar-refractivity contribution in [3.8, 4) is 0 Å². The number of nitrogens with one attached hydrogen (secondary N) is 2. The lowest BCUT2D eigenvalue weighted by Gasteiger charge is -2.09. The third-order valence-electron chi connectivity index (χ3n) is 3.11. The smallest absolute Gasteiger partial charge is 0.314 e. The van der Waals surface area contributed by atoms with E-state index in [1.54, 1.807) is 0 Å². The highest BCUT2D eigenvalue weighted by atomic mass is 35.5. The first-order valence-corrected chi connectivity index (χ1v) is 6.79. The van der Waals surface area contributed by atoms with Gasteiger partial charge in [0.25, 0.3) is 6.43 Å². The number of carbonyl (C=O) groups excluding carboxylic acids is 1. The number of nitrogens with zero attached hydrogens (tertiary/aromatic N) is 2. The first-order chi connectivity index (χ1) is 10.1. The van der Waals surface area contributed by atoms with E-state index >= 15 is 0 Å². The Morgan fingerprint density at radius 1 is 1.32 bits per heavy atom. The Balaban J connectivity index is 0.00000242. The highest BCUT2D eigenvalue weighted by Gasteiger charge is 2.07. The predicted octanol–water partition coefficient (Wildman–Crippen LogP) is 2.72. The Morgan fingerprint density at radius 2 is 2.05 bits per heavy atom. The summed E-state index contributed by atoms with van der Waals surface area (Å²) >= 11 is 0. The molecule has 0 fully saturated rings. The average molecular weight is 333 g/mol. The van der Waals surface area contributed by atoms with E-state index in [2.05, 4.69) is 20.2 Å². The van der Waals surface area contributed by atoms with Crippen molar-refractivity contribution in [3.63, 3.8) is 0 Å². The standard InChI is InChI=1S/C14H18F2N4O.ClH/c1-10-19-11-5-2-3-6-12(11)20(10)8-4-7-17-14(21)18-9-13(15)16;/h2-3,5-6,13H,4,7-9H2,1H3,(H2,17,18,21);1H. The van der Waals surface area contributed by atoms with Crippen LogP contribution in [0.3, 0.4) is 0 Å². The maximum absolute atomic E-state index is 11.9. The summed E-state index contributed by atoms with van der Waals surface area (Å²) in [6.45, 7) is 2.43. The zero-order chi connectivity index (χ0) is 15.2. The number of hydrogen-bond acceptors (Lipinski definition) is 2. The van der Waals surface area contributed by atoms with Crippen molar-refractivity contribution >= 4 is 29.5 Å². The van der Waals surface area contributed by atoms with Crippen LogP contribution in [0.15, 0.2) is 24.3 Å². The van der Waals surface area contributed by atoms with Gasteiger partial charge in [-0.15, -0.1) is 12.4 Å². The second-order valence-electron chi connectivity index (χ2n) is 4.68. The molecule has 5 nitrogen and oxygen atoms in total. The molecule has 22 heavy (non-hydrogen) atoms. The van der Waals surface area contributed by atoms with Crippen LogP contribution in [0.25, 0.3) is 11.0 Å². The number of aromatic nitrogens is 2. The average Bonchev–Trinajstić information content (AvgIpc) is 2.77. The van der Waals surface area contributed by atoms with E-state index in [4.69, 9.17) is 0 Å². The molecule has 0 unspecified atom stereocenters. The van der Waals surface area contributed by atoms with Crippen LogP contribution < -0.4 is 10.6 Å². The van der Waals surface area contributed by atoms with E-state index < -0.39 is 19.0 Å². The lowest BCUT2D eigenvalue weighted by Crippen LogP contribution is -2.38. The monoisotopic (exact) mass is 332 g/mol. The van der Waals surface area contributed by atoms with E-state index in [0.29, 0.717) is 19.5 Å². The molecule has 1 heterocycles. The summed E-state index contributed by atoms with van der Waals surface area (Å²) in [7, 11) is 0. The third-order valence-corrected chi connectivity index (χ3v) is 3.11. The molecule has 0 atom stereocenters. The fourth-order valence-corrected chi connectivity index (χ4v) is 2.15. The van der Waals surface area contributed by atoms with Crippen LogP contribution in [0.1, 0.15) is 12.2 Å². The molecular weight excluding hydrogens is 314 g/mol. The Morgan fingerprint density at radius 3 is 2.77 bits per heavy atom. The summed E-state index contributed by atoms with van der Waals surface area (Å²) in [5, 5.41) is 4.65. The normalized spacial score (nSPS) is 10.5. The molecule has 0 aliphatic heterocycles. The fourth-order valence-electron chi connectivity index (χ4n) is 2.15. The van der Waals surface area contributed by atoms with Gasteiger partial charge in [0.1, 0.15) is 5.82 Å². The number of para-hydroxylation sites is 2. The lowest BCUT2D eigenvalue weighted by atomic mass is 10.3. The molecule has 2 N–H and O–H groups in total. The molecule has 2 aromatic rings. The van der Waals surface area contributed by atoms with Crippen LogP contribution in [0.4, 0.5) is 13.6 Å². The number of rotatable bonds is 6. The van der Waals surface area contributed by atoms with Crippen molar-refractivity contribution < 1.29 is 13.6 Å². The van der Waals surface area contributed by atoms with Crippen molar-refractivity contribution in [1.82, 2.24) is 20.2 Å². The number of carbonyl (C=O) groups is 1. The number of benzene rings is 1. The summed E-state index contributed by atoms with van der Waals surface area (Å²) in [5.41, 5.74) is 2.00. The number of urea groups is 1. The predicted molar refractivity (Wildman–Crippen MR) is 83.7 cm³/mol. The van der Waals surface area contributed by atoms with E-state index in [9.17, 15) is 13.6 Å². The van der Waals surface area contributed by atoms with Gasteiger partial charge >= 0.3 is 6.03 Å². The first kappa shape index (κ1) is 18.2. The maximum atomic E-state index is 11.9. The van der Waals surface area contributed by atoms with Gasteiger partial charge in [-0.1, -0.05) is 12.1 Å². The van der Waals surface area contributed by atoms with Crippen LogP contribution >= 0.6 is 12.4 Å². The Kier molecular flexibility index (Phi) is 7.04. The van der Waals surface area contributed by atoms with Crippen LogP contribution in [-0.2, 0) is 6.54 Å². The van der Waals surface area contributed by atoms with Crippen molar-refractivity contribution in [3.05, 3.63) is 30.1 Å². The molecule has 0 aliphatic rings. The number of hydrogen-bond donors (Lipinski definition) is 2. The van der Waals surface area contributed by atoms with Crippen molar-refractivity contribution in [2.24, 2.45) is 0 Å². The van der Waals surface area contributed by atoms with Gasteiger partial charge in [-0.25, -0.2) is 18.6 Å². The number of halogens is 3. The lowest BCUT2D eigenvalue weighted by molar-refractivity contribution is 0.146. The van der Waals surface area contributed by atoms with Gasteiger partial charge in [0.15, 0.2) is 0 Å². The number of alkyl halides is 2. The van der Waals surface area contributed by atoms with Crippen molar-refractivity contribution in [2.75, 3.05) is 13.1 Å². The number of fused-ring (bicyclic) bond motifs is 1. The van der Waals surface area contributed by atoms with Crippen molar-refractivity contribution in [1.29, 1.82) is 0 Å². The molecule has 0 aliphatic carbocycles. The summed E-state index contributed by atoms with van der Waals surface area (Å²) in [4.78, 5) is 15.7. The SMILES string of the molecule is Cc1nc2ccccc2n1CCCNC(=O)NCC(F)F.Cl. The van der Waals surface area contributed by atoms with Crippen LogP contribution in [0.2, 0.25) is 0 Å². The molecule has 1 aromatic carbocycles. The minimum Gasteiger partial charge on any atom is -0.338 e. The van der Waals surface area contributed by atoms with Gasteiger partial charge in [0.2, 0.25) is 0 Å². The second-order valence-corrected chi connectivity index (χ2v) is 4.68. The van der Waals surface area contributed by atoms with Crippen LogP contribution in [0.5, 0.6) is 0 Å². The van der Waals surface area contributed by atoms with E-state index in [-0.39, 0.29) is 12.4 Å². The topological polar surface area (TPSA) is 59.0 Å². The molecule has 0 saturated carbocycles. The molecule has 122 valence electrons. The molecule has 0 radical (unpaired) electrons. The number of imidazole rings is 1. The molecule has 0 bridgehead atoms. The number of aryl methyl sites for hydroxylation is 2. The minimum atomic E-state index is -2.53. The van der Waals surface area contributed by atoms with Crippen LogP contribution in [-0.4, -0.2) is 35.1 Å². The largest absolute Gasteiger partial charge is 0.338 e. The summed E-state index contributed by atoms with van der Waals surface area (Å²) in [6.07, 6.45) is -1.83. The Hall–Kier alpha value is -1.89. The molecule has 0 spiro atoms. The zero-order valence-electron chi connectivity index (χ0n) is 12.2. The molecule has 8 heteroatoms. The molecular formula is C14H19ClF2N4O. The molecule has 2 amide bonds. The maximum Gasteiger partial charge on any atom is 0.314 e. The highest BCUT2D eigenvalue weighted by molar-refractivity contribution is 5.85. The zero-order valence-corrected chi connectivity index (χ0v) is 13.0. The van der Waals surface area contributed by atoms with Gasteiger partial charge in [0.05, 0.1) is 17.6 Å². The van der Waals surface area contributed by atoms with E-state index in [1.165, 1.54) is 0 Å². The number of amides is 2. The molecule has 2 rings (SSSR count). The van der Waals surface area contributed by atoms with Crippen LogP contribution in [0, 0.1) is 6.92 Å². The quantitative estimate of drug-likeness (QED) is 0.799. The van der Waals surface area contributed by atoms with Crippen molar-refractivity contribution in [2.45, 2.75) is 26.3 Å². The molecule has 0 saturated heterocycles.